The lowest BCUT2D eigenvalue weighted by Crippen LogP contribution is -2.00. The molecule has 0 aliphatic rings. The minimum atomic E-state index is -0.506. The summed E-state index contributed by atoms with van der Waals surface area (Å²) < 4.78 is 16.9. The van der Waals surface area contributed by atoms with Crippen LogP contribution in [0.5, 0.6) is 0 Å². The summed E-state index contributed by atoms with van der Waals surface area (Å²) in [6, 6.07) is 1.17. The summed E-state index contributed by atoms with van der Waals surface area (Å²) in [7, 11) is 0. The highest BCUT2D eigenvalue weighted by Crippen LogP contribution is 2.10. The summed E-state index contributed by atoms with van der Waals surface area (Å²) in [5.74, 6) is -0.341. The molecule has 1 rings (SSSR count). The van der Waals surface area contributed by atoms with E-state index in [0.717, 1.165) is 6.20 Å². The number of rotatable bonds is 3. The highest BCUT2D eigenvalue weighted by atomic mass is 19.1. The van der Waals surface area contributed by atoms with Crippen LogP contribution in [-0.4, -0.2) is 11.5 Å². The number of anilines is 1. The number of hydrogen-bond acceptors (Lipinski definition) is 4. The Balaban J connectivity index is 2.82. The second-order valence-corrected chi connectivity index (χ2v) is 2.11. The summed E-state index contributed by atoms with van der Waals surface area (Å²) >= 11 is 0. The average Bonchev–Trinajstić information content (AvgIpc) is 2.07. The number of hydrogen-bond donors (Lipinski definition) is 1. The third kappa shape index (κ3) is 1.91. The van der Waals surface area contributed by atoms with E-state index >= 15 is 0 Å². The smallest absolute Gasteiger partial charge is 0.293 e. The van der Waals surface area contributed by atoms with Gasteiger partial charge in [0.25, 0.3) is 6.47 Å². The van der Waals surface area contributed by atoms with Crippen LogP contribution in [0.4, 0.5) is 10.2 Å². The van der Waals surface area contributed by atoms with Gasteiger partial charge in [0.05, 0.1) is 6.20 Å². The summed E-state index contributed by atoms with van der Waals surface area (Å²) in [6.45, 7) is 0.213. The van der Waals surface area contributed by atoms with Crippen LogP contribution >= 0.6 is 0 Å². The molecule has 0 saturated heterocycles. The lowest BCUT2D eigenvalue weighted by atomic mass is 10.3. The highest BCUT2D eigenvalue weighted by molar-refractivity contribution is 5.41. The number of ether oxygens (including phenoxy) is 1. The highest BCUT2D eigenvalue weighted by Gasteiger charge is 2.01. The van der Waals surface area contributed by atoms with Crippen molar-refractivity contribution in [3.8, 4) is 0 Å². The molecule has 1 aromatic heterocycles. The molecule has 1 aromatic rings. The quantitative estimate of drug-likeness (QED) is 0.670. The molecule has 2 N–H and O–H groups in total. The van der Waals surface area contributed by atoms with Crippen molar-refractivity contribution in [2.45, 2.75) is 6.61 Å². The number of pyridine rings is 1. The van der Waals surface area contributed by atoms with Gasteiger partial charge >= 0.3 is 0 Å². The van der Waals surface area contributed by atoms with E-state index in [1.807, 2.05) is 0 Å². The van der Waals surface area contributed by atoms with Gasteiger partial charge in [0.15, 0.2) is 0 Å². The molecule has 0 atom stereocenters. The number of carbonyl (C=O) groups is 1. The first-order valence-corrected chi connectivity index (χ1v) is 3.19. The molecule has 0 unspecified atom stereocenters. The van der Waals surface area contributed by atoms with Crippen molar-refractivity contribution in [2.24, 2.45) is 0 Å². The monoisotopic (exact) mass is 170 g/mol. The molecular formula is C7H7FN2O2. The molecule has 0 saturated carbocycles. The van der Waals surface area contributed by atoms with Crippen molar-refractivity contribution in [2.75, 3.05) is 5.73 Å². The Hall–Kier alpha value is -1.65. The van der Waals surface area contributed by atoms with Gasteiger partial charge in [-0.15, -0.1) is 0 Å². The lowest BCUT2D eigenvalue weighted by Gasteiger charge is -2.01. The SMILES string of the molecule is Nc1ncc(F)cc1COC=O. The molecular weight excluding hydrogens is 163 g/mol. The zero-order valence-electron chi connectivity index (χ0n) is 6.16. The third-order valence-corrected chi connectivity index (χ3v) is 1.27. The zero-order valence-corrected chi connectivity index (χ0v) is 6.16. The second kappa shape index (κ2) is 3.66. The fourth-order valence-electron chi connectivity index (χ4n) is 0.731. The fourth-order valence-corrected chi connectivity index (χ4v) is 0.731. The molecule has 0 spiro atoms. The molecule has 0 aromatic carbocycles. The Morgan fingerprint density at radius 2 is 2.50 bits per heavy atom. The van der Waals surface area contributed by atoms with E-state index in [1.165, 1.54) is 6.07 Å². The van der Waals surface area contributed by atoms with Crippen molar-refractivity contribution < 1.29 is 13.9 Å². The van der Waals surface area contributed by atoms with Gasteiger partial charge < -0.3 is 10.5 Å². The molecule has 64 valence electrons. The lowest BCUT2D eigenvalue weighted by molar-refractivity contribution is -0.129. The van der Waals surface area contributed by atoms with Crippen LogP contribution in [0.3, 0.4) is 0 Å². The maximum atomic E-state index is 12.5. The van der Waals surface area contributed by atoms with Gasteiger partial charge in [0.1, 0.15) is 18.2 Å². The van der Waals surface area contributed by atoms with Gasteiger partial charge in [0.2, 0.25) is 0 Å². The number of carbonyl (C=O) groups excluding carboxylic acids is 1. The van der Waals surface area contributed by atoms with Crippen LogP contribution in [0, 0.1) is 5.82 Å². The molecule has 0 aliphatic heterocycles. The first-order chi connectivity index (χ1) is 5.74. The Morgan fingerprint density at radius 1 is 1.75 bits per heavy atom. The molecule has 12 heavy (non-hydrogen) atoms. The summed E-state index contributed by atoms with van der Waals surface area (Å²) in [5, 5.41) is 0. The summed E-state index contributed by atoms with van der Waals surface area (Å²) in [6.07, 6.45) is 1.000. The van der Waals surface area contributed by atoms with E-state index in [-0.39, 0.29) is 18.9 Å². The van der Waals surface area contributed by atoms with Gasteiger partial charge in [0, 0.05) is 5.56 Å². The molecule has 5 heteroatoms. The Morgan fingerprint density at radius 3 is 3.17 bits per heavy atom. The van der Waals surface area contributed by atoms with Gasteiger partial charge in [-0.1, -0.05) is 0 Å². The van der Waals surface area contributed by atoms with E-state index in [9.17, 15) is 9.18 Å². The van der Waals surface area contributed by atoms with E-state index in [1.54, 1.807) is 0 Å². The maximum Gasteiger partial charge on any atom is 0.293 e. The molecule has 0 aliphatic carbocycles. The van der Waals surface area contributed by atoms with E-state index in [4.69, 9.17) is 5.73 Å². The normalized spacial score (nSPS) is 9.42. The van der Waals surface area contributed by atoms with E-state index in [0.29, 0.717) is 5.56 Å². The van der Waals surface area contributed by atoms with Crippen molar-refractivity contribution in [3.63, 3.8) is 0 Å². The van der Waals surface area contributed by atoms with Crippen molar-refractivity contribution in [1.29, 1.82) is 0 Å². The largest absolute Gasteiger partial charge is 0.463 e. The molecule has 1 heterocycles. The summed E-state index contributed by atoms with van der Waals surface area (Å²) in [4.78, 5) is 13.3. The molecule has 4 nitrogen and oxygen atoms in total. The topological polar surface area (TPSA) is 65.2 Å². The van der Waals surface area contributed by atoms with Crippen LogP contribution in [0.2, 0.25) is 0 Å². The van der Waals surface area contributed by atoms with Gasteiger partial charge in [-0.3, -0.25) is 4.79 Å². The summed E-state index contributed by atoms with van der Waals surface area (Å²) in [5.41, 5.74) is 5.72. The number of aromatic nitrogens is 1. The fraction of sp³-hybridized carbons (Fsp3) is 0.143. The minimum absolute atomic E-state index is 0.0555. The number of nitrogens with two attached hydrogens (primary N) is 1. The van der Waals surface area contributed by atoms with Gasteiger partial charge in [-0.05, 0) is 6.07 Å². The predicted molar refractivity (Wildman–Crippen MR) is 39.5 cm³/mol. The minimum Gasteiger partial charge on any atom is -0.463 e. The predicted octanol–water partition coefficient (Wildman–Crippen LogP) is 0.476. The molecule has 0 fully saturated rings. The first kappa shape index (κ1) is 8.45. The van der Waals surface area contributed by atoms with Crippen molar-refractivity contribution in [3.05, 3.63) is 23.6 Å². The number of nitrogen functional groups attached to an aromatic ring is 1. The van der Waals surface area contributed by atoms with Crippen molar-refractivity contribution >= 4 is 12.3 Å². The number of halogens is 1. The maximum absolute atomic E-state index is 12.5. The van der Waals surface area contributed by atoms with Gasteiger partial charge in [-0.25, -0.2) is 9.37 Å². The van der Waals surface area contributed by atoms with Crippen LogP contribution in [0.15, 0.2) is 12.3 Å². The zero-order chi connectivity index (χ0) is 8.97. The third-order valence-electron chi connectivity index (χ3n) is 1.27. The molecule has 0 radical (unpaired) electrons. The van der Waals surface area contributed by atoms with Crippen LogP contribution in [0.1, 0.15) is 5.56 Å². The van der Waals surface area contributed by atoms with Crippen LogP contribution < -0.4 is 5.73 Å². The van der Waals surface area contributed by atoms with E-state index < -0.39 is 5.82 Å². The van der Waals surface area contributed by atoms with Crippen LogP contribution in [0.25, 0.3) is 0 Å². The van der Waals surface area contributed by atoms with Crippen molar-refractivity contribution in [1.82, 2.24) is 4.98 Å². The Bertz CT molecular complexity index is 291. The average molecular weight is 170 g/mol. The van der Waals surface area contributed by atoms with E-state index in [2.05, 4.69) is 9.72 Å². The number of nitrogens with zero attached hydrogens (tertiary/aromatic N) is 1. The van der Waals surface area contributed by atoms with Gasteiger partial charge in [-0.2, -0.15) is 0 Å². The Kier molecular flexibility index (Phi) is 2.57. The standard InChI is InChI=1S/C7H7FN2O2/c8-6-1-5(3-12-4-11)7(9)10-2-6/h1-2,4H,3H2,(H2,9,10). The molecule has 0 amide bonds. The van der Waals surface area contributed by atoms with Crippen LogP contribution in [-0.2, 0) is 16.1 Å². The first-order valence-electron chi connectivity index (χ1n) is 3.19. The second-order valence-electron chi connectivity index (χ2n) is 2.11. The molecule has 0 bridgehead atoms. The Labute approximate surface area is 68.2 Å².